The Bertz CT molecular complexity index is 270. The van der Waals surface area contributed by atoms with Crippen LogP contribution in [0.3, 0.4) is 0 Å². The van der Waals surface area contributed by atoms with Gasteiger partial charge in [0.05, 0.1) is 0 Å². The van der Waals surface area contributed by atoms with Crippen LogP contribution in [0.15, 0.2) is 0 Å². The van der Waals surface area contributed by atoms with E-state index < -0.39 is 11.5 Å². The third-order valence-electron chi connectivity index (χ3n) is 2.73. The summed E-state index contributed by atoms with van der Waals surface area (Å²) in [5.41, 5.74) is 4.53. The van der Waals surface area contributed by atoms with Crippen LogP contribution in [0.5, 0.6) is 0 Å². The molecule has 2 amide bonds. The van der Waals surface area contributed by atoms with E-state index in [1.54, 1.807) is 19.0 Å². The molecule has 1 saturated heterocycles. The molecule has 1 aliphatic heterocycles. The van der Waals surface area contributed by atoms with E-state index in [0.29, 0.717) is 25.9 Å². The molecule has 0 unspecified atom stereocenters. The van der Waals surface area contributed by atoms with Crippen molar-refractivity contribution < 1.29 is 14.7 Å². The Morgan fingerprint density at radius 2 is 1.80 bits per heavy atom. The van der Waals surface area contributed by atoms with E-state index in [0.717, 1.165) is 0 Å². The number of carbonyl (C=O) groups excluding carboxylic acids is 1. The third-order valence-corrected chi connectivity index (χ3v) is 2.73. The van der Waals surface area contributed by atoms with Crippen molar-refractivity contribution in [2.45, 2.75) is 18.4 Å². The van der Waals surface area contributed by atoms with Gasteiger partial charge in [-0.25, -0.2) is 4.79 Å². The molecule has 6 nitrogen and oxygen atoms in total. The van der Waals surface area contributed by atoms with E-state index in [2.05, 4.69) is 0 Å². The zero-order chi connectivity index (χ0) is 11.6. The molecule has 1 aliphatic rings. The summed E-state index contributed by atoms with van der Waals surface area (Å²) in [6.45, 7) is 0.805. The molecule has 1 heterocycles. The van der Waals surface area contributed by atoms with Crippen LogP contribution >= 0.6 is 0 Å². The molecule has 0 spiro atoms. The Morgan fingerprint density at radius 1 is 1.33 bits per heavy atom. The highest BCUT2D eigenvalue weighted by Crippen LogP contribution is 2.20. The number of likely N-dealkylation sites (tertiary alicyclic amines) is 1. The molecule has 3 N–H and O–H groups in total. The van der Waals surface area contributed by atoms with E-state index in [-0.39, 0.29) is 6.03 Å². The highest BCUT2D eigenvalue weighted by atomic mass is 16.4. The summed E-state index contributed by atoms with van der Waals surface area (Å²) < 4.78 is 0. The summed E-state index contributed by atoms with van der Waals surface area (Å²) in [7, 11) is 3.34. The monoisotopic (exact) mass is 215 g/mol. The number of piperidine rings is 1. The number of rotatable bonds is 1. The Kier molecular flexibility index (Phi) is 3.18. The first-order chi connectivity index (χ1) is 6.87. The van der Waals surface area contributed by atoms with E-state index in [9.17, 15) is 9.59 Å². The standard InChI is InChI=1S/C9H17N3O3/c1-11(2)8(15)12-5-3-9(10,4-6-12)7(13)14/h3-6,10H2,1-2H3,(H,13,14). The molecule has 0 aromatic rings. The van der Waals surface area contributed by atoms with E-state index in [1.807, 2.05) is 0 Å². The molecule has 0 aliphatic carbocycles. The fourth-order valence-corrected chi connectivity index (χ4v) is 1.59. The minimum absolute atomic E-state index is 0.0950. The first kappa shape index (κ1) is 11.8. The molecule has 0 saturated carbocycles. The molecule has 86 valence electrons. The Hall–Kier alpha value is -1.30. The van der Waals surface area contributed by atoms with Gasteiger partial charge in [-0.3, -0.25) is 4.79 Å². The van der Waals surface area contributed by atoms with Gasteiger partial charge in [0.25, 0.3) is 0 Å². The highest BCUT2D eigenvalue weighted by molar-refractivity contribution is 5.79. The van der Waals surface area contributed by atoms with Crippen LogP contribution in [0.2, 0.25) is 0 Å². The number of hydrogen-bond donors (Lipinski definition) is 2. The Labute approximate surface area is 88.6 Å². The van der Waals surface area contributed by atoms with Crippen LogP contribution in [0, 0.1) is 0 Å². The van der Waals surface area contributed by atoms with Crippen molar-refractivity contribution in [2.24, 2.45) is 5.73 Å². The molecule has 0 atom stereocenters. The third kappa shape index (κ3) is 2.38. The lowest BCUT2D eigenvalue weighted by atomic mass is 9.89. The Balaban J connectivity index is 2.56. The summed E-state index contributed by atoms with van der Waals surface area (Å²) in [6, 6.07) is -0.0950. The van der Waals surface area contributed by atoms with Crippen molar-refractivity contribution in [1.82, 2.24) is 9.80 Å². The number of nitrogens with zero attached hydrogens (tertiary/aromatic N) is 2. The van der Waals surface area contributed by atoms with Crippen molar-refractivity contribution in [2.75, 3.05) is 27.2 Å². The lowest BCUT2D eigenvalue weighted by Gasteiger charge is -2.37. The van der Waals surface area contributed by atoms with E-state index in [1.165, 1.54) is 4.90 Å². The van der Waals surface area contributed by atoms with Gasteiger partial charge >= 0.3 is 12.0 Å². The van der Waals surface area contributed by atoms with Crippen LogP contribution < -0.4 is 5.73 Å². The lowest BCUT2D eigenvalue weighted by molar-refractivity contribution is -0.145. The summed E-state index contributed by atoms with van der Waals surface area (Å²) in [6.07, 6.45) is 0.615. The zero-order valence-electron chi connectivity index (χ0n) is 9.06. The first-order valence-electron chi connectivity index (χ1n) is 4.85. The van der Waals surface area contributed by atoms with Gasteiger partial charge in [0.15, 0.2) is 0 Å². The number of carbonyl (C=O) groups is 2. The van der Waals surface area contributed by atoms with Gasteiger partial charge in [-0.05, 0) is 12.8 Å². The van der Waals surface area contributed by atoms with E-state index >= 15 is 0 Å². The lowest BCUT2D eigenvalue weighted by Crippen LogP contribution is -2.57. The quantitative estimate of drug-likeness (QED) is 0.620. The van der Waals surface area contributed by atoms with Crippen LogP contribution in [-0.4, -0.2) is 59.6 Å². The van der Waals surface area contributed by atoms with Gasteiger partial charge in [0.2, 0.25) is 0 Å². The fraction of sp³-hybridized carbons (Fsp3) is 0.778. The van der Waals surface area contributed by atoms with Gasteiger partial charge < -0.3 is 20.6 Å². The molecule has 1 rings (SSSR count). The van der Waals surface area contributed by atoms with E-state index in [4.69, 9.17) is 10.8 Å². The maximum Gasteiger partial charge on any atom is 0.323 e. The largest absolute Gasteiger partial charge is 0.480 e. The fourth-order valence-electron chi connectivity index (χ4n) is 1.59. The maximum absolute atomic E-state index is 11.5. The summed E-state index contributed by atoms with van der Waals surface area (Å²) >= 11 is 0. The van der Waals surface area contributed by atoms with Crippen molar-refractivity contribution in [3.05, 3.63) is 0 Å². The number of nitrogens with two attached hydrogens (primary N) is 1. The first-order valence-corrected chi connectivity index (χ1v) is 4.85. The highest BCUT2D eigenvalue weighted by Gasteiger charge is 2.38. The number of urea groups is 1. The van der Waals surface area contributed by atoms with Crippen LogP contribution in [0.4, 0.5) is 4.79 Å². The topological polar surface area (TPSA) is 86.9 Å². The smallest absolute Gasteiger partial charge is 0.323 e. The number of hydrogen-bond acceptors (Lipinski definition) is 3. The molecule has 1 fully saturated rings. The Morgan fingerprint density at radius 3 is 2.13 bits per heavy atom. The van der Waals surface area contributed by atoms with Crippen LogP contribution in [0.25, 0.3) is 0 Å². The summed E-state index contributed by atoms with van der Waals surface area (Å²) in [5.74, 6) is -0.987. The van der Waals surface area contributed by atoms with Crippen molar-refractivity contribution in [3.8, 4) is 0 Å². The normalized spacial score (nSPS) is 19.8. The number of carboxylic acids is 1. The number of carboxylic acid groups (broad SMARTS) is 1. The maximum atomic E-state index is 11.5. The van der Waals surface area contributed by atoms with Crippen molar-refractivity contribution in [3.63, 3.8) is 0 Å². The van der Waals surface area contributed by atoms with Crippen molar-refractivity contribution in [1.29, 1.82) is 0 Å². The van der Waals surface area contributed by atoms with Crippen LogP contribution in [-0.2, 0) is 4.79 Å². The van der Waals surface area contributed by atoms with Gasteiger partial charge in [-0.1, -0.05) is 0 Å². The average molecular weight is 215 g/mol. The molecular formula is C9H17N3O3. The van der Waals surface area contributed by atoms with Crippen molar-refractivity contribution >= 4 is 12.0 Å². The van der Waals surface area contributed by atoms with Gasteiger partial charge in [0, 0.05) is 27.2 Å². The molecule has 15 heavy (non-hydrogen) atoms. The zero-order valence-corrected chi connectivity index (χ0v) is 9.06. The second kappa shape index (κ2) is 4.06. The molecule has 0 bridgehead atoms. The number of aliphatic carboxylic acids is 1. The molecular weight excluding hydrogens is 198 g/mol. The summed E-state index contributed by atoms with van der Waals surface area (Å²) in [5, 5.41) is 8.89. The molecule has 0 aromatic heterocycles. The average Bonchev–Trinajstić information content (AvgIpc) is 2.17. The SMILES string of the molecule is CN(C)C(=O)N1CCC(N)(C(=O)O)CC1. The number of amides is 2. The van der Waals surface area contributed by atoms with Gasteiger partial charge in [0.1, 0.15) is 5.54 Å². The molecule has 0 aromatic carbocycles. The van der Waals surface area contributed by atoms with Gasteiger partial charge in [-0.2, -0.15) is 0 Å². The predicted octanol–water partition coefficient (Wildman–Crippen LogP) is -0.454. The molecule has 0 radical (unpaired) electrons. The second-order valence-corrected chi connectivity index (χ2v) is 4.13. The van der Waals surface area contributed by atoms with Crippen LogP contribution in [0.1, 0.15) is 12.8 Å². The minimum atomic E-state index is -1.16. The second-order valence-electron chi connectivity index (χ2n) is 4.13. The predicted molar refractivity (Wildman–Crippen MR) is 54.4 cm³/mol. The summed E-state index contributed by atoms with van der Waals surface area (Å²) in [4.78, 5) is 25.5. The van der Waals surface area contributed by atoms with Gasteiger partial charge in [-0.15, -0.1) is 0 Å². The molecule has 6 heteroatoms. The minimum Gasteiger partial charge on any atom is -0.480 e.